The van der Waals surface area contributed by atoms with Gasteiger partial charge in [0.1, 0.15) is 35.0 Å². The van der Waals surface area contributed by atoms with Gasteiger partial charge in [-0.2, -0.15) is 4.98 Å². The molecule has 0 aliphatic carbocycles. The quantitative estimate of drug-likeness (QED) is 0.229. The van der Waals surface area contributed by atoms with Crippen LogP contribution in [-0.2, 0) is 14.3 Å². The number of nitrogens with zero attached hydrogens (tertiary/aromatic N) is 2. The lowest BCUT2D eigenvalue weighted by molar-refractivity contribution is -0.141. The molecule has 1 aromatic heterocycles. The van der Waals surface area contributed by atoms with Crippen LogP contribution in [0.5, 0.6) is 5.75 Å². The lowest BCUT2D eigenvalue weighted by Gasteiger charge is -2.20. The van der Waals surface area contributed by atoms with Crippen molar-refractivity contribution in [2.24, 2.45) is 5.92 Å². The molecule has 0 spiro atoms. The summed E-state index contributed by atoms with van der Waals surface area (Å²) >= 11 is 1.39. The average Bonchev–Trinajstić information content (AvgIpc) is 2.86. The Morgan fingerprint density at radius 2 is 1.81 bits per heavy atom. The number of nitrogens with one attached hydrogen (secondary N) is 3. The molecule has 3 N–H and O–H groups in total. The lowest BCUT2D eigenvalue weighted by Crippen LogP contribution is -2.43. The van der Waals surface area contributed by atoms with Crippen molar-refractivity contribution in [3.8, 4) is 5.75 Å². The molecule has 3 aromatic rings. The number of hydrogen-bond acceptors (Lipinski definition) is 9. The molecule has 1 amide bonds. The van der Waals surface area contributed by atoms with E-state index in [1.54, 1.807) is 25.3 Å². The van der Waals surface area contributed by atoms with E-state index in [-0.39, 0.29) is 30.1 Å². The first-order valence-corrected chi connectivity index (χ1v) is 12.4. The number of ether oxygens (including phenoxy) is 2. The summed E-state index contributed by atoms with van der Waals surface area (Å²) in [6.45, 7) is 3.72. The van der Waals surface area contributed by atoms with Crippen LogP contribution in [0.25, 0.3) is 0 Å². The summed E-state index contributed by atoms with van der Waals surface area (Å²) < 4.78 is 23.6. The first-order chi connectivity index (χ1) is 17.7. The summed E-state index contributed by atoms with van der Waals surface area (Å²) in [7, 11) is 2.86. The molecule has 2 aromatic carbocycles. The fourth-order valence-corrected chi connectivity index (χ4v) is 4.11. The predicted molar refractivity (Wildman–Crippen MR) is 141 cm³/mol. The third-order valence-corrected chi connectivity index (χ3v) is 5.97. The summed E-state index contributed by atoms with van der Waals surface area (Å²) in [5.74, 6) is 0.210. The maximum atomic E-state index is 13.7. The van der Waals surface area contributed by atoms with Crippen molar-refractivity contribution in [3.05, 3.63) is 60.4 Å². The standard InChI is InChI=1S/C26H30FN5O4S/c1-16(2)12-21(25(34)28-15-24(33)36-4)30-26-31-22(29-18-7-5-6-17(27)13-18)14-23(32-26)37-20-10-8-19(35-3)9-11-20/h5-11,13-14,16,21H,12,15H2,1-4H3,(H,28,34)(H2,29,30,31,32)/t21-/m0/s1. The van der Waals surface area contributed by atoms with Crippen LogP contribution in [0.3, 0.4) is 0 Å². The van der Waals surface area contributed by atoms with Crippen molar-refractivity contribution in [1.29, 1.82) is 0 Å². The molecule has 9 nitrogen and oxygen atoms in total. The number of rotatable bonds is 12. The normalized spacial score (nSPS) is 11.5. The monoisotopic (exact) mass is 527 g/mol. The van der Waals surface area contributed by atoms with E-state index in [0.717, 1.165) is 10.6 Å². The second-order valence-corrected chi connectivity index (χ2v) is 9.54. The number of benzene rings is 2. The number of esters is 1. The molecule has 0 radical (unpaired) electrons. The Hall–Kier alpha value is -3.86. The van der Waals surface area contributed by atoms with Crippen LogP contribution >= 0.6 is 11.8 Å². The van der Waals surface area contributed by atoms with Crippen molar-refractivity contribution >= 4 is 41.1 Å². The average molecular weight is 528 g/mol. The number of hydrogen-bond donors (Lipinski definition) is 3. The van der Waals surface area contributed by atoms with E-state index >= 15 is 0 Å². The summed E-state index contributed by atoms with van der Waals surface area (Å²) in [6.07, 6.45) is 0.471. The molecule has 11 heteroatoms. The zero-order valence-electron chi connectivity index (χ0n) is 21.1. The number of anilines is 3. The van der Waals surface area contributed by atoms with Crippen LogP contribution in [-0.4, -0.2) is 48.7 Å². The Morgan fingerprint density at radius 3 is 2.46 bits per heavy atom. The summed E-state index contributed by atoms with van der Waals surface area (Å²) in [4.78, 5) is 34.4. The Balaban J connectivity index is 1.89. The first-order valence-electron chi connectivity index (χ1n) is 11.6. The molecule has 3 rings (SSSR count). The van der Waals surface area contributed by atoms with Gasteiger partial charge < -0.3 is 25.4 Å². The molecule has 37 heavy (non-hydrogen) atoms. The Morgan fingerprint density at radius 1 is 1.05 bits per heavy atom. The van der Waals surface area contributed by atoms with Gasteiger partial charge in [-0.3, -0.25) is 9.59 Å². The number of amides is 1. The van der Waals surface area contributed by atoms with E-state index in [1.165, 1.54) is 31.0 Å². The zero-order chi connectivity index (χ0) is 26.8. The molecular formula is C26H30FN5O4S. The van der Waals surface area contributed by atoms with Gasteiger partial charge in [0.25, 0.3) is 0 Å². The minimum absolute atomic E-state index is 0.170. The summed E-state index contributed by atoms with van der Waals surface area (Å²) in [5.41, 5.74) is 0.514. The molecule has 0 bridgehead atoms. The topological polar surface area (TPSA) is 114 Å². The van der Waals surface area contributed by atoms with E-state index in [2.05, 4.69) is 30.7 Å². The van der Waals surface area contributed by atoms with Gasteiger partial charge in [-0.25, -0.2) is 9.37 Å². The first kappa shape index (κ1) is 27.7. The van der Waals surface area contributed by atoms with E-state index in [0.29, 0.717) is 23.0 Å². The third kappa shape index (κ3) is 8.94. The molecule has 0 aliphatic heterocycles. The van der Waals surface area contributed by atoms with Crippen LogP contribution in [0.15, 0.2) is 64.5 Å². The minimum Gasteiger partial charge on any atom is -0.497 e. The van der Waals surface area contributed by atoms with E-state index in [4.69, 9.17) is 4.74 Å². The van der Waals surface area contributed by atoms with Crippen molar-refractivity contribution in [1.82, 2.24) is 15.3 Å². The molecule has 0 aliphatic rings. The van der Waals surface area contributed by atoms with Crippen LogP contribution < -0.4 is 20.7 Å². The SMILES string of the molecule is COC(=O)CNC(=O)[C@H](CC(C)C)Nc1nc(Nc2cccc(F)c2)cc(Sc2ccc(OC)cc2)n1. The van der Waals surface area contributed by atoms with E-state index in [9.17, 15) is 14.0 Å². The molecule has 0 saturated heterocycles. The lowest BCUT2D eigenvalue weighted by atomic mass is 10.0. The number of carbonyl (C=O) groups is 2. The Labute approximate surface area is 219 Å². The molecule has 1 heterocycles. The molecular weight excluding hydrogens is 497 g/mol. The highest BCUT2D eigenvalue weighted by Gasteiger charge is 2.22. The number of methoxy groups -OCH3 is 2. The number of halogens is 1. The summed E-state index contributed by atoms with van der Waals surface area (Å²) in [6, 6.07) is 14.6. The van der Waals surface area contributed by atoms with Crippen LogP contribution in [0.2, 0.25) is 0 Å². The molecule has 1 atom stereocenters. The fraction of sp³-hybridized carbons (Fsp3) is 0.308. The van der Waals surface area contributed by atoms with E-state index in [1.807, 2.05) is 38.1 Å². The summed E-state index contributed by atoms with van der Waals surface area (Å²) in [5, 5.41) is 9.37. The third-order valence-electron chi connectivity index (χ3n) is 5.04. The van der Waals surface area contributed by atoms with Crippen molar-refractivity contribution < 1.29 is 23.5 Å². The molecule has 196 valence electrons. The largest absolute Gasteiger partial charge is 0.497 e. The van der Waals surface area contributed by atoms with Gasteiger partial charge in [0.05, 0.1) is 14.2 Å². The van der Waals surface area contributed by atoms with Gasteiger partial charge in [0, 0.05) is 16.6 Å². The van der Waals surface area contributed by atoms with Crippen molar-refractivity contribution in [3.63, 3.8) is 0 Å². The zero-order valence-corrected chi connectivity index (χ0v) is 21.9. The van der Waals surface area contributed by atoms with Crippen LogP contribution in [0, 0.1) is 11.7 Å². The fourth-order valence-electron chi connectivity index (χ4n) is 3.30. The second kappa shape index (κ2) is 13.4. The van der Waals surface area contributed by atoms with Gasteiger partial charge in [-0.05, 0) is 54.8 Å². The highest BCUT2D eigenvalue weighted by atomic mass is 32.2. The molecule has 0 unspecified atom stereocenters. The smallest absolute Gasteiger partial charge is 0.325 e. The number of aromatic nitrogens is 2. The van der Waals surface area contributed by atoms with Gasteiger partial charge in [0.15, 0.2) is 0 Å². The highest BCUT2D eigenvalue weighted by molar-refractivity contribution is 7.99. The van der Waals surface area contributed by atoms with Gasteiger partial charge >= 0.3 is 5.97 Å². The Kier molecular flexibility index (Phi) is 10.1. The second-order valence-electron chi connectivity index (χ2n) is 8.45. The number of carbonyl (C=O) groups excluding carboxylic acids is 2. The maximum Gasteiger partial charge on any atom is 0.325 e. The van der Waals surface area contributed by atoms with Gasteiger partial charge in [-0.1, -0.05) is 31.7 Å². The highest BCUT2D eigenvalue weighted by Crippen LogP contribution is 2.30. The molecule has 0 saturated carbocycles. The van der Waals surface area contributed by atoms with Crippen molar-refractivity contribution in [2.45, 2.75) is 36.2 Å². The van der Waals surface area contributed by atoms with Crippen LogP contribution in [0.1, 0.15) is 20.3 Å². The van der Waals surface area contributed by atoms with E-state index < -0.39 is 12.0 Å². The minimum atomic E-state index is -0.701. The predicted octanol–water partition coefficient (Wildman–Crippen LogP) is 4.63. The van der Waals surface area contributed by atoms with Gasteiger partial charge in [-0.15, -0.1) is 0 Å². The maximum absolute atomic E-state index is 13.7. The Bertz CT molecular complexity index is 1210. The van der Waals surface area contributed by atoms with Crippen LogP contribution in [0.4, 0.5) is 21.8 Å². The van der Waals surface area contributed by atoms with Crippen molar-refractivity contribution in [2.75, 3.05) is 31.4 Å². The molecule has 0 fully saturated rings. The van der Waals surface area contributed by atoms with Gasteiger partial charge in [0.2, 0.25) is 11.9 Å².